The topological polar surface area (TPSA) is 88.2 Å². The molecule has 6 rings (SSSR count). The van der Waals surface area contributed by atoms with Crippen LogP contribution in [0.25, 0.3) is 0 Å². The number of carbonyl (C=O) groups is 3. The lowest BCUT2D eigenvalue weighted by Crippen LogP contribution is -2.57. The highest BCUT2D eigenvalue weighted by Crippen LogP contribution is 2.28. The van der Waals surface area contributed by atoms with Crippen molar-refractivity contribution in [2.24, 2.45) is 0 Å². The summed E-state index contributed by atoms with van der Waals surface area (Å²) in [6, 6.07) is 15.6. The zero-order valence-electron chi connectivity index (χ0n) is 24.8. The highest BCUT2D eigenvalue weighted by Gasteiger charge is 2.35. The molecule has 43 heavy (non-hydrogen) atoms. The fraction of sp³-hybridized carbons (Fsp3) is 0.545. The summed E-state index contributed by atoms with van der Waals surface area (Å²) in [5, 5.41) is 6.12. The number of halogens is 1. The maximum atomic E-state index is 13.9. The van der Waals surface area contributed by atoms with Gasteiger partial charge in [0.1, 0.15) is 6.04 Å². The third-order valence-corrected chi connectivity index (χ3v) is 10.2. The molecule has 0 aromatic heterocycles. The predicted octanol–water partition coefficient (Wildman–Crippen LogP) is 5.06. The average molecular weight is 652 g/mol. The fourth-order valence-electron chi connectivity index (χ4n) is 7.19. The zero-order chi connectivity index (χ0) is 29.8. The van der Waals surface area contributed by atoms with Crippen molar-refractivity contribution in [2.45, 2.75) is 76.0 Å². The lowest BCUT2D eigenvalue weighted by Gasteiger charge is -2.42. The van der Waals surface area contributed by atoms with Crippen molar-refractivity contribution in [2.75, 3.05) is 44.6 Å². The monoisotopic (exact) mass is 650 g/mol. The van der Waals surface area contributed by atoms with E-state index >= 15 is 0 Å². The molecule has 5 amide bonds. The number of hydrogen-bond donors (Lipinski definition) is 2. The van der Waals surface area contributed by atoms with Gasteiger partial charge in [0.15, 0.2) is 0 Å². The van der Waals surface area contributed by atoms with E-state index in [1.54, 1.807) is 4.90 Å². The number of nitrogens with one attached hydrogen (secondary N) is 2. The van der Waals surface area contributed by atoms with E-state index in [-0.39, 0.29) is 24.0 Å². The second-order valence-electron chi connectivity index (χ2n) is 12.4. The number of fused-ring (bicyclic) bond motifs is 1. The van der Waals surface area contributed by atoms with Crippen LogP contribution in [0.3, 0.4) is 0 Å². The van der Waals surface area contributed by atoms with E-state index in [9.17, 15) is 14.4 Å². The molecule has 2 N–H and O–H groups in total. The molecule has 1 atom stereocenters. The van der Waals surface area contributed by atoms with Crippen molar-refractivity contribution >= 4 is 39.6 Å². The molecule has 0 bridgehead atoms. The van der Waals surface area contributed by atoms with E-state index in [0.29, 0.717) is 44.9 Å². The van der Waals surface area contributed by atoms with Gasteiger partial charge < -0.3 is 30.2 Å². The van der Waals surface area contributed by atoms with E-state index in [1.807, 2.05) is 58.3 Å². The van der Waals surface area contributed by atoms with Gasteiger partial charge in [0.05, 0.1) is 0 Å². The first-order chi connectivity index (χ1) is 20.9. The van der Waals surface area contributed by atoms with Gasteiger partial charge in [-0.2, -0.15) is 0 Å². The Balaban J connectivity index is 1.07. The number of benzene rings is 2. The smallest absolute Gasteiger partial charge is 0.322 e. The molecule has 3 fully saturated rings. The lowest BCUT2D eigenvalue weighted by molar-refractivity contribution is -0.134. The van der Waals surface area contributed by atoms with Crippen LogP contribution in [0.2, 0.25) is 0 Å². The minimum atomic E-state index is -0.629. The summed E-state index contributed by atoms with van der Waals surface area (Å²) < 4.78 is 0.955. The Labute approximate surface area is 263 Å². The van der Waals surface area contributed by atoms with E-state index < -0.39 is 6.04 Å². The van der Waals surface area contributed by atoms with Gasteiger partial charge in [-0.25, -0.2) is 9.59 Å². The molecule has 230 valence electrons. The number of urea groups is 2. The third-order valence-electron chi connectivity index (χ3n) is 9.66. The molecule has 4 aliphatic heterocycles. The maximum absolute atomic E-state index is 13.9. The lowest BCUT2D eigenvalue weighted by atomic mass is 9.98. The Kier molecular flexibility index (Phi) is 9.52. The van der Waals surface area contributed by atoms with E-state index in [0.717, 1.165) is 47.2 Å². The van der Waals surface area contributed by atoms with Gasteiger partial charge in [-0.3, -0.25) is 4.79 Å². The summed E-state index contributed by atoms with van der Waals surface area (Å²) in [5.74, 6) is 0.00367. The number of amides is 5. The van der Waals surface area contributed by atoms with Crippen LogP contribution in [0, 0.1) is 0 Å². The van der Waals surface area contributed by atoms with Crippen molar-refractivity contribution in [3.05, 3.63) is 64.1 Å². The second kappa shape index (κ2) is 13.7. The largest absolute Gasteiger partial charge is 0.341 e. The normalized spacial score (nSPS) is 21.2. The first-order valence-electron chi connectivity index (χ1n) is 15.9. The zero-order valence-corrected chi connectivity index (χ0v) is 26.4. The maximum Gasteiger partial charge on any atom is 0.322 e. The van der Waals surface area contributed by atoms with Gasteiger partial charge in [0, 0.05) is 61.4 Å². The summed E-state index contributed by atoms with van der Waals surface area (Å²) in [5.41, 5.74) is 2.99. The summed E-state index contributed by atoms with van der Waals surface area (Å²) in [6.07, 6.45) is 7.71. The Bertz CT molecular complexity index is 1300. The van der Waals surface area contributed by atoms with Gasteiger partial charge in [-0.15, -0.1) is 0 Å². The average Bonchev–Trinajstić information content (AvgIpc) is 3.04. The van der Waals surface area contributed by atoms with Crippen LogP contribution in [0.5, 0.6) is 0 Å². The van der Waals surface area contributed by atoms with Gasteiger partial charge in [-0.05, 0) is 80.9 Å². The van der Waals surface area contributed by atoms with Gasteiger partial charge in [-0.1, -0.05) is 52.7 Å². The highest BCUT2D eigenvalue weighted by molar-refractivity contribution is 9.10. The van der Waals surface area contributed by atoms with Gasteiger partial charge in [0.2, 0.25) is 5.91 Å². The fourth-order valence-corrected chi connectivity index (χ4v) is 7.64. The minimum absolute atomic E-state index is 0.00367. The number of hydrogen-bond acceptors (Lipinski definition) is 4. The molecular weight excluding hydrogens is 608 g/mol. The van der Waals surface area contributed by atoms with Gasteiger partial charge >= 0.3 is 12.1 Å². The van der Waals surface area contributed by atoms with Crippen LogP contribution in [-0.2, 0) is 17.8 Å². The number of para-hydroxylation sites is 1. The first kappa shape index (κ1) is 29.9. The molecule has 2 aromatic carbocycles. The SMILES string of the molecule is O=C(NC(Cc1cccc(Br)c1)C(=O)N1CCC(N2CCCCC2)CC1)N1CCC(N2Cc3ccccc3NC2=O)CC1. The number of rotatable bonds is 6. The van der Waals surface area contributed by atoms with Crippen molar-refractivity contribution in [3.63, 3.8) is 0 Å². The molecule has 2 aromatic rings. The highest BCUT2D eigenvalue weighted by atomic mass is 79.9. The Morgan fingerprint density at radius 2 is 1.56 bits per heavy atom. The van der Waals surface area contributed by atoms with Crippen LogP contribution in [-0.4, -0.2) is 95.0 Å². The molecule has 0 spiro atoms. The molecule has 0 saturated carbocycles. The summed E-state index contributed by atoms with van der Waals surface area (Å²) in [6.45, 7) is 5.48. The Morgan fingerprint density at radius 3 is 2.30 bits per heavy atom. The number of carbonyl (C=O) groups excluding carboxylic acids is 3. The number of piperidine rings is 3. The van der Waals surface area contributed by atoms with Crippen LogP contribution < -0.4 is 10.6 Å². The van der Waals surface area contributed by atoms with Crippen LogP contribution in [0.1, 0.15) is 56.1 Å². The summed E-state index contributed by atoms with van der Waals surface area (Å²) in [4.78, 5) is 48.6. The standard InChI is InChI=1S/C33H43BrN6O3/c34-26-9-6-7-24(21-26)22-30(31(41)38-17-11-27(12-18-38)37-15-4-1-5-16-37)36-32(42)39-19-13-28(14-20-39)40-23-25-8-2-3-10-29(25)35-33(40)43/h2-3,6-10,21,27-28,30H,1,4-5,11-20,22-23H2,(H,35,43)(H,36,42). The molecule has 1 unspecified atom stereocenters. The molecule has 0 radical (unpaired) electrons. The third kappa shape index (κ3) is 7.17. The second-order valence-corrected chi connectivity index (χ2v) is 13.3. The molecule has 0 aliphatic carbocycles. The Morgan fingerprint density at radius 1 is 0.860 bits per heavy atom. The van der Waals surface area contributed by atoms with Crippen LogP contribution in [0.15, 0.2) is 53.0 Å². The minimum Gasteiger partial charge on any atom is -0.341 e. The molecule has 10 heteroatoms. The predicted molar refractivity (Wildman–Crippen MR) is 171 cm³/mol. The summed E-state index contributed by atoms with van der Waals surface area (Å²) in [7, 11) is 0. The van der Waals surface area contributed by atoms with Gasteiger partial charge in [0.25, 0.3) is 0 Å². The molecule has 4 heterocycles. The van der Waals surface area contributed by atoms with Crippen molar-refractivity contribution < 1.29 is 14.4 Å². The van der Waals surface area contributed by atoms with E-state index in [2.05, 4.69) is 31.5 Å². The van der Waals surface area contributed by atoms with Crippen molar-refractivity contribution in [3.8, 4) is 0 Å². The molecular formula is C33H43BrN6O3. The quantitative estimate of drug-likeness (QED) is 0.458. The van der Waals surface area contributed by atoms with Crippen molar-refractivity contribution in [1.29, 1.82) is 0 Å². The van der Waals surface area contributed by atoms with E-state index in [1.165, 1.54) is 32.4 Å². The first-order valence-corrected chi connectivity index (χ1v) is 16.7. The number of anilines is 1. The number of likely N-dealkylation sites (tertiary alicyclic amines) is 3. The van der Waals surface area contributed by atoms with Crippen LogP contribution in [0.4, 0.5) is 15.3 Å². The van der Waals surface area contributed by atoms with Crippen molar-refractivity contribution in [1.82, 2.24) is 24.9 Å². The van der Waals surface area contributed by atoms with E-state index in [4.69, 9.17) is 0 Å². The number of nitrogens with zero attached hydrogens (tertiary/aromatic N) is 4. The molecule has 3 saturated heterocycles. The molecule has 9 nitrogen and oxygen atoms in total. The van der Waals surface area contributed by atoms with Crippen LogP contribution >= 0.6 is 15.9 Å². The Hall–Kier alpha value is -3.11. The summed E-state index contributed by atoms with van der Waals surface area (Å²) >= 11 is 3.55. The molecule has 4 aliphatic rings.